The molecule has 62 valence electrons. The zero-order valence-electron chi connectivity index (χ0n) is 7.17. The fourth-order valence-electron chi connectivity index (χ4n) is 1.04. The highest BCUT2D eigenvalue weighted by Gasteiger charge is 1.91. The lowest BCUT2D eigenvalue weighted by Crippen LogP contribution is -1.98. The number of anilines is 1. The van der Waals surface area contributed by atoms with E-state index in [1.54, 1.807) is 0 Å². The van der Waals surface area contributed by atoms with Crippen molar-refractivity contribution >= 4 is 5.69 Å². The lowest BCUT2D eigenvalue weighted by molar-refractivity contribution is 1.14. The summed E-state index contributed by atoms with van der Waals surface area (Å²) in [7, 11) is 0. The summed E-state index contributed by atoms with van der Waals surface area (Å²) in [5.41, 5.74) is 2.31. The van der Waals surface area contributed by atoms with Gasteiger partial charge >= 0.3 is 0 Å². The Labute approximate surface area is 72.8 Å². The van der Waals surface area contributed by atoms with E-state index in [0.717, 1.165) is 12.1 Å². The smallest absolute Gasteiger partial charge is 0.103 e. The maximum Gasteiger partial charge on any atom is 0.103 e. The van der Waals surface area contributed by atoms with Crippen LogP contribution in [0.5, 0.6) is 0 Å². The van der Waals surface area contributed by atoms with Gasteiger partial charge in [-0.1, -0.05) is 19.1 Å². The molecule has 0 saturated heterocycles. The molecule has 0 aliphatic heterocycles. The third-order valence-corrected chi connectivity index (χ3v) is 1.71. The van der Waals surface area contributed by atoms with Gasteiger partial charge in [0.05, 0.1) is 6.07 Å². The molecule has 0 atom stereocenters. The van der Waals surface area contributed by atoms with Gasteiger partial charge in [0.1, 0.15) is 6.54 Å². The molecule has 2 heteroatoms. The van der Waals surface area contributed by atoms with E-state index < -0.39 is 0 Å². The van der Waals surface area contributed by atoms with E-state index in [2.05, 4.69) is 24.4 Å². The van der Waals surface area contributed by atoms with E-state index >= 15 is 0 Å². The van der Waals surface area contributed by atoms with E-state index in [0.29, 0.717) is 6.54 Å². The molecule has 0 unspecified atom stereocenters. The lowest BCUT2D eigenvalue weighted by Gasteiger charge is -2.02. The van der Waals surface area contributed by atoms with Crippen molar-refractivity contribution in [3.63, 3.8) is 0 Å². The zero-order valence-corrected chi connectivity index (χ0v) is 7.17. The van der Waals surface area contributed by atoms with Crippen molar-refractivity contribution in [2.24, 2.45) is 0 Å². The van der Waals surface area contributed by atoms with Crippen LogP contribution in [0, 0.1) is 11.3 Å². The summed E-state index contributed by atoms with van der Waals surface area (Å²) in [5.74, 6) is 0. The number of benzene rings is 1. The molecule has 0 fully saturated rings. The summed E-state index contributed by atoms with van der Waals surface area (Å²) < 4.78 is 0. The van der Waals surface area contributed by atoms with E-state index in [-0.39, 0.29) is 0 Å². The lowest BCUT2D eigenvalue weighted by atomic mass is 10.1. The molecular weight excluding hydrogens is 148 g/mol. The molecule has 0 spiro atoms. The second-order valence-corrected chi connectivity index (χ2v) is 2.57. The number of nitriles is 1. The summed E-state index contributed by atoms with van der Waals surface area (Å²) >= 11 is 0. The fourth-order valence-corrected chi connectivity index (χ4v) is 1.04. The largest absolute Gasteiger partial charge is 0.372 e. The molecule has 1 N–H and O–H groups in total. The Morgan fingerprint density at radius 3 is 3.00 bits per heavy atom. The normalized spacial score (nSPS) is 9.00. The predicted molar refractivity (Wildman–Crippen MR) is 49.9 cm³/mol. The standard InChI is InChI=1S/C10H12N2/c1-2-9-4-3-5-10(8-9)12-7-6-11/h3-5,8,12H,2,7H2,1H3. The molecule has 0 radical (unpaired) electrons. The summed E-state index contributed by atoms with van der Waals surface area (Å²) in [4.78, 5) is 0. The Morgan fingerprint density at radius 2 is 2.33 bits per heavy atom. The van der Waals surface area contributed by atoms with Crippen LogP contribution in [0.4, 0.5) is 5.69 Å². The van der Waals surface area contributed by atoms with Crippen molar-refractivity contribution in [2.45, 2.75) is 13.3 Å². The van der Waals surface area contributed by atoms with Crippen LogP contribution in [0.3, 0.4) is 0 Å². The summed E-state index contributed by atoms with van der Waals surface area (Å²) in [6, 6.07) is 10.2. The van der Waals surface area contributed by atoms with Gasteiger partial charge in [-0.25, -0.2) is 0 Å². The molecule has 0 bridgehead atoms. The van der Waals surface area contributed by atoms with Gasteiger partial charge < -0.3 is 5.32 Å². The van der Waals surface area contributed by atoms with Crippen LogP contribution >= 0.6 is 0 Å². The summed E-state index contributed by atoms with van der Waals surface area (Å²) in [6.07, 6.45) is 1.03. The van der Waals surface area contributed by atoms with E-state index in [1.165, 1.54) is 5.56 Å². The van der Waals surface area contributed by atoms with Crippen molar-refractivity contribution in [1.29, 1.82) is 5.26 Å². The van der Waals surface area contributed by atoms with Crippen molar-refractivity contribution in [3.8, 4) is 6.07 Å². The molecule has 0 amide bonds. The number of rotatable bonds is 3. The Balaban J connectivity index is 2.67. The van der Waals surface area contributed by atoms with Crippen LogP contribution in [-0.2, 0) is 6.42 Å². The molecule has 12 heavy (non-hydrogen) atoms. The van der Waals surface area contributed by atoms with Crippen LogP contribution in [0.2, 0.25) is 0 Å². The average Bonchev–Trinajstić information content (AvgIpc) is 2.15. The number of nitrogens with one attached hydrogen (secondary N) is 1. The highest BCUT2D eigenvalue weighted by molar-refractivity contribution is 5.46. The zero-order chi connectivity index (χ0) is 8.81. The molecule has 0 aromatic heterocycles. The minimum absolute atomic E-state index is 0.368. The first-order valence-corrected chi connectivity index (χ1v) is 4.06. The summed E-state index contributed by atoms with van der Waals surface area (Å²) in [6.45, 7) is 2.48. The molecule has 1 rings (SSSR count). The third kappa shape index (κ3) is 2.28. The van der Waals surface area contributed by atoms with Gasteiger partial charge in [0.2, 0.25) is 0 Å². The second-order valence-electron chi connectivity index (χ2n) is 2.57. The minimum atomic E-state index is 0.368. The first-order chi connectivity index (χ1) is 5.86. The van der Waals surface area contributed by atoms with Gasteiger partial charge in [-0.05, 0) is 24.1 Å². The monoisotopic (exact) mass is 160 g/mol. The topological polar surface area (TPSA) is 35.8 Å². The molecule has 1 aromatic rings. The van der Waals surface area contributed by atoms with Crippen molar-refractivity contribution in [2.75, 3.05) is 11.9 Å². The van der Waals surface area contributed by atoms with Crippen LogP contribution < -0.4 is 5.32 Å². The quantitative estimate of drug-likeness (QED) is 0.688. The predicted octanol–water partition coefficient (Wildman–Crippen LogP) is 2.18. The molecular formula is C10H12N2. The maximum absolute atomic E-state index is 8.34. The van der Waals surface area contributed by atoms with Gasteiger partial charge in [-0.2, -0.15) is 5.26 Å². The Hall–Kier alpha value is -1.49. The average molecular weight is 160 g/mol. The maximum atomic E-state index is 8.34. The van der Waals surface area contributed by atoms with Crippen molar-refractivity contribution in [1.82, 2.24) is 0 Å². The van der Waals surface area contributed by atoms with Gasteiger partial charge in [-0.15, -0.1) is 0 Å². The molecule has 2 nitrogen and oxygen atoms in total. The van der Waals surface area contributed by atoms with Crippen LogP contribution in [-0.4, -0.2) is 6.54 Å². The number of hydrogen-bond acceptors (Lipinski definition) is 2. The highest BCUT2D eigenvalue weighted by Crippen LogP contribution is 2.10. The SMILES string of the molecule is CCc1cccc(NCC#N)c1. The molecule has 0 aliphatic carbocycles. The number of aryl methyl sites for hydroxylation is 1. The van der Waals surface area contributed by atoms with Gasteiger partial charge in [0, 0.05) is 5.69 Å². The number of nitrogens with zero attached hydrogens (tertiary/aromatic N) is 1. The van der Waals surface area contributed by atoms with Gasteiger partial charge in [0.25, 0.3) is 0 Å². The van der Waals surface area contributed by atoms with Crippen LogP contribution in [0.1, 0.15) is 12.5 Å². The van der Waals surface area contributed by atoms with E-state index in [1.807, 2.05) is 18.2 Å². The Kier molecular flexibility index (Phi) is 3.16. The first-order valence-electron chi connectivity index (χ1n) is 4.06. The van der Waals surface area contributed by atoms with E-state index in [4.69, 9.17) is 5.26 Å². The Bertz CT molecular complexity index is 286. The molecule has 1 aromatic carbocycles. The van der Waals surface area contributed by atoms with Crippen molar-refractivity contribution < 1.29 is 0 Å². The first kappa shape index (κ1) is 8.61. The van der Waals surface area contributed by atoms with Gasteiger partial charge in [-0.3, -0.25) is 0 Å². The number of hydrogen-bond donors (Lipinski definition) is 1. The van der Waals surface area contributed by atoms with Crippen molar-refractivity contribution in [3.05, 3.63) is 29.8 Å². The minimum Gasteiger partial charge on any atom is -0.372 e. The molecule has 0 heterocycles. The molecule has 0 saturated carbocycles. The second kappa shape index (κ2) is 4.40. The van der Waals surface area contributed by atoms with Gasteiger partial charge in [0.15, 0.2) is 0 Å². The third-order valence-electron chi connectivity index (χ3n) is 1.71. The fraction of sp³-hybridized carbons (Fsp3) is 0.300. The summed E-state index contributed by atoms with van der Waals surface area (Å²) in [5, 5.41) is 11.3. The van der Waals surface area contributed by atoms with Crippen LogP contribution in [0.15, 0.2) is 24.3 Å². The highest BCUT2D eigenvalue weighted by atomic mass is 14.9. The molecule has 0 aliphatic rings. The van der Waals surface area contributed by atoms with Crippen LogP contribution in [0.25, 0.3) is 0 Å². The van der Waals surface area contributed by atoms with E-state index in [9.17, 15) is 0 Å². The Morgan fingerprint density at radius 1 is 1.50 bits per heavy atom.